The lowest BCUT2D eigenvalue weighted by molar-refractivity contribution is -0.136. The Morgan fingerprint density at radius 3 is 2.91 bits per heavy atom. The number of nitrogens with zero attached hydrogens (tertiary/aromatic N) is 2. The summed E-state index contributed by atoms with van der Waals surface area (Å²) in [6, 6.07) is 3.68. The highest BCUT2D eigenvalue weighted by molar-refractivity contribution is 7.71. The Balaban J connectivity index is 2.30. The molecule has 0 radical (unpaired) electrons. The van der Waals surface area contributed by atoms with Crippen LogP contribution in [0.1, 0.15) is 24.0 Å². The summed E-state index contributed by atoms with van der Waals surface area (Å²) in [5.74, 6) is 0.0172. The summed E-state index contributed by atoms with van der Waals surface area (Å²) in [6.45, 7) is 1.79. The number of ether oxygens (including phenoxy) is 1. The fraction of sp³-hybridized carbons (Fsp3) is 0.200. The number of H-pyrrole nitrogens is 1. The minimum absolute atomic E-state index is 0.271. The van der Waals surface area contributed by atoms with Gasteiger partial charge in [0.2, 0.25) is 0 Å². The minimum atomic E-state index is -0.438. The minimum Gasteiger partial charge on any atom is -0.466 e. The molecule has 118 valence electrons. The standard InChI is InChI=1S/C15H15N5O2S/c1-7-9(14(21)22-2)10(8-4-3-5-17-6-8)11-12(16)19-15(23)20-13(11)18-7/h3-6,10H,1-2H3,(H4,16,18,19,20,23). The molecule has 8 heteroatoms. The number of nitrogens with two attached hydrogens (primary N) is 1. The zero-order valence-electron chi connectivity index (χ0n) is 12.6. The van der Waals surface area contributed by atoms with E-state index in [1.165, 1.54) is 7.11 Å². The molecule has 2 aromatic heterocycles. The van der Waals surface area contributed by atoms with Crippen LogP contribution >= 0.6 is 12.2 Å². The number of esters is 1. The number of methoxy groups -OCH3 is 1. The van der Waals surface area contributed by atoms with Gasteiger partial charge in [0.25, 0.3) is 0 Å². The number of aromatic amines is 1. The molecule has 7 nitrogen and oxygen atoms in total. The van der Waals surface area contributed by atoms with Crippen molar-refractivity contribution in [1.82, 2.24) is 15.0 Å². The molecule has 1 atom stereocenters. The van der Waals surface area contributed by atoms with E-state index in [1.807, 2.05) is 6.07 Å². The molecule has 23 heavy (non-hydrogen) atoms. The van der Waals surface area contributed by atoms with Crippen molar-refractivity contribution in [2.75, 3.05) is 18.2 Å². The van der Waals surface area contributed by atoms with Gasteiger partial charge in [-0.25, -0.2) is 9.78 Å². The molecule has 0 aliphatic carbocycles. The predicted molar refractivity (Wildman–Crippen MR) is 88.3 cm³/mol. The van der Waals surface area contributed by atoms with Gasteiger partial charge in [-0.3, -0.25) is 4.98 Å². The molecule has 0 saturated carbocycles. The third kappa shape index (κ3) is 2.57. The fourth-order valence-electron chi connectivity index (χ4n) is 2.75. The molecular formula is C15H15N5O2S. The summed E-state index contributed by atoms with van der Waals surface area (Å²) in [4.78, 5) is 23.6. The maximum Gasteiger partial charge on any atom is 0.336 e. The van der Waals surface area contributed by atoms with Crippen molar-refractivity contribution in [3.63, 3.8) is 0 Å². The number of fused-ring (bicyclic) bond motifs is 1. The van der Waals surface area contributed by atoms with E-state index in [0.717, 1.165) is 5.56 Å². The number of aromatic nitrogens is 3. The zero-order valence-corrected chi connectivity index (χ0v) is 13.4. The van der Waals surface area contributed by atoms with Gasteiger partial charge >= 0.3 is 5.97 Å². The molecule has 1 aliphatic rings. The van der Waals surface area contributed by atoms with E-state index in [9.17, 15) is 4.79 Å². The lowest BCUT2D eigenvalue weighted by atomic mass is 9.82. The second-order valence-corrected chi connectivity index (χ2v) is 5.48. The van der Waals surface area contributed by atoms with Gasteiger partial charge in [0.15, 0.2) is 4.77 Å². The Morgan fingerprint density at radius 1 is 1.48 bits per heavy atom. The Labute approximate surface area is 137 Å². The van der Waals surface area contributed by atoms with Crippen LogP contribution < -0.4 is 11.1 Å². The SMILES string of the molecule is COC(=O)C1=C(C)Nc2nc(=S)[nH]c(N)c2C1c1cccnc1. The third-order valence-corrected chi connectivity index (χ3v) is 3.90. The number of carbonyl (C=O) groups is 1. The molecule has 0 fully saturated rings. The van der Waals surface area contributed by atoms with Crippen LogP contribution in [0.2, 0.25) is 0 Å². The van der Waals surface area contributed by atoms with Crippen molar-refractivity contribution in [2.24, 2.45) is 0 Å². The second-order valence-electron chi connectivity index (χ2n) is 5.09. The summed E-state index contributed by atoms with van der Waals surface area (Å²) < 4.78 is 5.21. The van der Waals surface area contributed by atoms with Crippen molar-refractivity contribution < 1.29 is 9.53 Å². The topological polar surface area (TPSA) is 106 Å². The maximum absolute atomic E-state index is 12.3. The summed E-state index contributed by atoms with van der Waals surface area (Å²) in [6.07, 6.45) is 3.36. The van der Waals surface area contributed by atoms with Gasteiger partial charge in [0.05, 0.1) is 18.6 Å². The normalized spacial score (nSPS) is 16.5. The van der Waals surface area contributed by atoms with Crippen LogP contribution in [0.25, 0.3) is 0 Å². The fourth-order valence-corrected chi connectivity index (χ4v) is 2.96. The van der Waals surface area contributed by atoms with E-state index < -0.39 is 11.9 Å². The smallest absolute Gasteiger partial charge is 0.336 e. The van der Waals surface area contributed by atoms with Crippen LogP contribution in [0.3, 0.4) is 0 Å². The molecule has 0 aromatic carbocycles. The molecule has 3 rings (SSSR count). The van der Waals surface area contributed by atoms with Crippen LogP contribution in [-0.2, 0) is 9.53 Å². The van der Waals surface area contributed by atoms with Gasteiger partial charge in [-0.1, -0.05) is 6.07 Å². The average molecular weight is 329 g/mol. The first-order valence-electron chi connectivity index (χ1n) is 6.88. The van der Waals surface area contributed by atoms with Crippen LogP contribution in [0.15, 0.2) is 35.8 Å². The summed E-state index contributed by atoms with van der Waals surface area (Å²) in [5.41, 5.74) is 8.70. The van der Waals surface area contributed by atoms with E-state index in [1.54, 1.807) is 25.4 Å². The van der Waals surface area contributed by atoms with Crippen LogP contribution in [0.4, 0.5) is 11.6 Å². The first-order chi connectivity index (χ1) is 11.0. The molecule has 3 heterocycles. The van der Waals surface area contributed by atoms with Crippen molar-refractivity contribution >= 4 is 29.8 Å². The zero-order chi connectivity index (χ0) is 16.6. The Morgan fingerprint density at radius 2 is 2.26 bits per heavy atom. The number of pyridine rings is 1. The van der Waals surface area contributed by atoms with Gasteiger partial charge in [0.1, 0.15) is 11.6 Å². The van der Waals surface area contributed by atoms with E-state index in [0.29, 0.717) is 28.5 Å². The number of carbonyl (C=O) groups excluding carboxylic acids is 1. The number of hydrogen-bond donors (Lipinski definition) is 3. The quantitative estimate of drug-likeness (QED) is 0.572. The van der Waals surface area contributed by atoms with Gasteiger partial charge in [-0.05, 0) is 30.8 Å². The van der Waals surface area contributed by atoms with Crippen LogP contribution in [0, 0.1) is 4.77 Å². The van der Waals surface area contributed by atoms with Crippen LogP contribution in [0.5, 0.6) is 0 Å². The lowest BCUT2D eigenvalue weighted by Gasteiger charge is -2.29. The first kappa shape index (κ1) is 15.2. The van der Waals surface area contributed by atoms with E-state index >= 15 is 0 Å². The molecule has 0 amide bonds. The van der Waals surface area contributed by atoms with Crippen molar-refractivity contribution in [3.8, 4) is 0 Å². The Kier molecular flexibility index (Phi) is 3.83. The Hall–Kier alpha value is -2.74. The van der Waals surface area contributed by atoms with Gasteiger partial charge in [0, 0.05) is 23.7 Å². The molecule has 1 aliphatic heterocycles. The predicted octanol–water partition coefficient (Wildman–Crippen LogP) is 2.12. The first-order valence-corrected chi connectivity index (χ1v) is 7.29. The van der Waals surface area contributed by atoms with Crippen molar-refractivity contribution in [3.05, 3.63) is 51.7 Å². The summed E-state index contributed by atoms with van der Waals surface area (Å²) in [7, 11) is 1.35. The lowest BCUT2D eigenvalue weighted by Crippen LogP contribution is -2.26. The number of allylic oxidation sites excluding steroid dienone is 1. The van der Waals surface area contributed by atoms with E-state index in [4.69, 9.17) is 22.7 Å². The van der Waals surface area contributed by atoms with E-state index in [2.05, 4.69) is 20.3 Å². The molecule has 1 unspecified atom stereocenters. The van der Waals surface area contributed by atoms with Crippen molar-refractivity contribution in [2.45, 2.75) is 12.8 Å². The Bertz CT molecular complexity index is 860. The number of nitrogen functional groups attached to an aromatic ring is 1. The number of anilines is 2. The largest absolute Gasteiger partial charge is 0.466 e. The molecule has 0 spiro atoms. The highest BCUT2D eigenvalue weighted by atomic mass is 32.1. The van der Waals surface area contributed by atoms with Gasteiger partial charge in [-0.15, -0.1) is 0 Å². The van der Waals surface area contributed by atoms with E-state index in [-0.39, 0.29) is 4.77 Å². The summed E-state index contributed by atoms with van der Waals surface area (Å²) in [5, 5.41) is 3.09. The number of nitrogens with one attached hydrogen (secondary N) is 2. The molecule has 4 N–H and O–H groups in total. The monoisotopic (exact) mass is 329 g/mol. The average Bonchev–Trinajstić information content (AvgIpc) is 2.53. The summed E-state index contributed by atoms with van der Waals surface area (Å²) >= 11 is 5.08. The third-order valence-electron chi connectivity index (χ3n) is 3.71. The molecule has 0 saturated heterocycles. The number of rotatable bonds is 2. The molecular weight excluding hydrogens is 314 g/mol. The highest BCUT2D eigenvalue weighted by Crippen LogP contribution is 2.43. The van der Waals surface area contributed by atoms with Gasteiger partial charge < -0.3 is 20.8 Å². The van der Waals surface area contributed by atoms with Crippen molar-refractivity contribution in [1.29, 1.82) is 0 Å². The number of hydrogen-bond acceptors (Lipinski definition) is 7. The van der Waals surface area contributed by atoms with Crippen LogP contribution in [-0.4, -0.2) is 28.0 Å². The van der Waals surface area contributed by atoms with Gasteiger partial charge in [-0.2, -0.15) is 0 Å². The molecule has 0 bridgehead atoms. The second kappa shape index (κ2) is 5.81. The molecule has 2 aromatic rings. The maximum atomic E-state index is 12.3. The highest BCUT2D eigenvalue weighted by Gasteiger charge is 2.35.